The van der Waals surface area contributed by atoms with Gasteiger partial charge in [-0.05, 0) is 24.0 Å². The second-order valence-corrected chi connectivity index (χ2v) is 6.74. The van der Waals surface area contributed by atoms with Crippen molar-refractivity contribution in [1.82, 2.24) is 9.80 Å². The van der Waals surface area contributed by atoms with Crippen LogP contribution in [0.5, 0.6) is 0 Å². The molecule has 0 bridgehead atoms. The standard InChI is InChI=1S/C22H30N2/c1-3-21(19-11-7-5-8-12-19)23-15-17-24(18-16-23)22(4-2)20-13-9-6-10-14-20/h5-14,21-22H,3-4,15-18H2,1-2H3. The molecular formula is C22H30N2. The van der Waals surface area contributed by atoms with E-state index in [2.05, 4.69) is 84.3 Å². The van der Waals surface area contributed by atoms with E-state index in [0.717, 1.165) is 26.2 Å². The monoisotopic (exact) mass is 322 g/mol. The van der Waals surface area contributed by atoms with Crippen molar-refractivity contribution in [2.24, 2.45) is 0 Å². The van der Waals surface area contributed by atoms with Gasteiger partial charge in [-0.15, -0.1) is 0 Å². The number of nitrogens with zero attached hydrogens (tertiary/aromatic N) is 2. The Bertz CT molecular complexity index is 532. The maximum absolute atomic E-state index is 2.67. The van der Waals surface area contributed by atoms with Crippen molar-refractivity contribution in [1.29, 1.82) is 0 Å². The van der Waals surface area contributed by atoms with E-state index < -0.39 is 0 Å². The third kappa shape index (κ3) is 3.88. The van der Waals surface area contributed by atoms with E-state index in [-0.39, 0.29) is 0 Å². The highest BCUT2D eigenvalue weighted by Crippen LogP contribution is 2.29. The molecule has 0 aromatic heterocycles. The number of rotatable bonds is 6. The van der Waals surface area contributed by atoms with Gasteiger partial charge in [-0.3, -0.25) is 9.80 Å². The maximum Gasteiger partial charge on any atom is 0.0346 e. The average Bonchev–Trinajstić information content (AvgIpc) is 2.66. The Kier molecular flexibility index (Phi) is 6.06. The van der Waals surface area contributed by atoms with Crippen molar-refractivity contribution in [3.05, 3.63) is 71.8 Å². The molecule has 0 spiro atoms. The lowest BCUT2D eigenvalue weighted by Crippen LogP contribution is -2.48. The van der Waals surface area contributed by atoms with E-state index in [4.69, 9.17) is 0 Å². The molecule has 2 aromatic rings. The molecule has 2 aromatic carbocycles. The summed E-state index contributed by atoms with van der Waals surface area (Å²) in [7, 11) is 0. The first-order valence-electron chi connectivity index (χ1n) is 9.41. The van der Waals surface area contributed by atoms with Crippen LogP contribution in [0.15, 0.2) is 60.7 Å². The van der Waals surface area contributed by atoms with Gasteiger partial charge in [-0.1, -0.05) is 74.5 Å². The van der Waals surface area contributed by atoms with E-state index in [9.17, 15) is 0 Å². The minimum absolute atomic E-state index is 0.560. The Morgan fingerprint density at radius 2 is 0.958 bits per heavy atom. The van der Waals surface area contributed by atoms with Crippen LogP contribution in [-0.4, -0.2) is 36.0 Å². The molecule has 0 aliphatic carbocycles. The normalized spacial score (nSPS) is 19.1. The quantitative estimate of drug-likeness (QED) is 0.746. The van der Waals surface area contributed by atoms with Crippen molar-refractivity contribution in [3.8, 4) is 0 Å². The molecule has 0 N–H and O–H groups in total. The van der Waals surface area contributed by atoms with Crippen LogP contribution >= 0.6 is 0 Å². The molecule has 3 rings (SSSR count). The second kappa shape index (κ2) is 8.46. The topological polar surface area (TPSA) is 6.48 Å². The van der Waals surface area contributed by atoms with Gasteiger partial charge in [0.15, 0.2) is 0 Å². The fraction of sp³-hybridized carbons (Fsp3) is 0.455. The number of benzene rings is 2. The van der Waals surface area contributed by atoms with Crippen LogP contribution in [0.2, 0.25) is 0 Å². The van der Waals surface area contributed by atoms with Crippen molar-refractivity contribution in [3.63, 3.8) is 0 Å². The molecule has 2 atom stereocenters. The lowest BCUT2D eigenvalue weighted by molar-refractivity contribution is 0.0653. The molecule has 0 amide bonds. The maximum atomic E-state index is 2.67. The number of piperazine rings is 1. The smallest absolute Gasteiger partial charge is 0.0346 e. The molecular weight excluding hydrogens is 292 g/mol. The summed E-state index contributed by atoms with van der Waals surface area (Å²) in [4.78, 5) is 5.34. The summed E-state index contributed by atoms with van der Waals surface area (Å²) in [5, 5.41) is 0. The fourth-order valence-electron chi connectivity index (χ4n) is 4.12. The van der Waals surface area contributed by atoms with Crippen molar-refractivity contribution in [2.75, 3.05) is 26.2 Å². The first kappa shape index (κ1) is 17.2. The highest BCUT2D eigenvalue weighted by atomic mass is 15.3. The molecule has 1 fully saturated rings. The summed E-state index contributed by atoms with van der Waals surface area (Å²) in [5.41, 5.74) is 2.92. The van der Waals surface area contributed by atoms with Gasteiger partial charge in [0.2, 0.25) is 0 Å². The summed E-state index contributed by atoms with van der Waals surface area (Å²) in [6, 6.07) is 23.1. The third-order valence-corrected chi connectivity index (χ3v) is 5.37. The minimum atomic E-state index is 0.560. The number of hydrogen-bond donors (Lipinski definition) is 0. The Morgan fingerprint density at radius 1 is 0.625 bits per heavy atom. The van der Waals surface area contributed by atoms with E-state index in [0.29, 0.717) is 12.1 Å². The lowest BCUT2D eigenvalue weighted by atomic mass is 9.99. The van der Waals surface area contributed by atoms with Gasteiger partial charge in [-0.25, -0.2) is 0 Å². The van der Waals surface area contributed by atoms with Crippen LogP contribution in [0.4, 0.5) is 0 Å². The second-order valence-electron chi connectivity index (χ2n) is 6.74. The SMILES string of the molecule is CCC(c1ccccc1)N1CCN(C(CC)c2ccccc2)CC1. The fourth-order valence-corrected chi connectivity index (χ4v) is 4.12. The average molecular weight is 322 g/mol. The summed E-state index contributed by atoms with van der Waals surface area (Å²) >= 11 is 0. The zero-order chi connectivity index (χ0) is 16.8. The molecule has 1 saturated heterocycles. The third-order valence-electron chi connectivity index (χ3n) is 5.37. The van der Waals surface area contributed by atoms with Gasteiger partial charge in [0.05, 0.1) is 0 Å². The molecule has 0 radical (unpaired) electrons. The summed E-state index contributed by atoms with van der Waals surface area (Å²) in [6.07, 6.45) is 2.36. The molecule has 0 saturated carbocycles. The zero-order valence-corrected chi connectivity index (χ0v) is 15.1. The van der Waals surface area contributed by atoms with Crippen LogP contribution in [0.25, 0.3) is 0 Å². The molecule has 2 unspecified atom stereocenters. The molecule has 24 heavy (non-hydrogen) atoms. The summed E-state index contributed by atoms with van der Waals surface area (Å²) < 4.78 is 0. The van der Waals surface area contributed by atoms with Crippen LogP contribution in [0, 0.1) is 0 Å². The molecule has 1 aliphatic rings. The Balaban J connectivity index is 1.64. The van der Waals surface area contributed by atoms with Gasteiger partial charge < -0.3 is 0 Å². The zero-order valence-electron chi connectivity index (χ0n) is 15.1. The van der Waals surface area contributed by atoms with Crippen molar-refractivity contribution in [2.45, 2.75) is 38.8 Å². The Morgan fingerprint density at radius 3 is 1.25 bits per heavy atom. The minimum Gasteiger partial charge on any atom is -0.294 e. The summed E-state index contributed by atoms with van der Waals surface area (Å²) in [6.45, 7) is 9.27. The highest BCUT2D eigenvalue weighted by molar-refractivity contribution is 5.20. The van der Waals surface area contributed by atoms with Crippen LogP contribution < -0.4 is 0 Å². The highest BCUT2D eigenvalue weighted by Gasteiger charge is 2.27. The molecule has 1 heterocycles. The van der Waals surface area contributed by atoms with Gasteiger partial charge in [0, 0.05) is 38.3 Å². The van der Waals surface area contributed by atoms with Gasteiger partial charge >= 0.3 is 0 Å². The Labute approximate surface area is 147 Å². The number of hydrogen-bond acceptors (Lipinski definition) is 2. The van der Waals surface area contributed by atoms with Crippen LogP contribution in [0.3, 0.4) is 0 Å². The van der Waals surface area contributed by atoms with E-state index in [1.54, 1.807) is 0 Å². The largest absolute Gasteiger partial charge is 0.294 e. The lowest BCUT2D eigenvalue weighted by Gasteiger charge is -2.42. The predicted molar refractivity (Wildman–Crippen MR) is 102 cm³/mol. The first-order chi connectivity index (χ1) is 11.8. The van der Waals surface area contributed by atoms with Gasteiger partial charge in [0.1, 0.15) is 0 Å². The van der Waals surface area contributed by atoms with Crippen molar-refractivity contribution >= 4 is 0 Å². The first-order valence-corrected chi connectivity index (χ1v) is 9.41. The van der Waals surface area contributed by atoms with Gasteiger partial charge in [-0.2, -0.15) is 0 Å². The van der Waals surface area contributed by atoms with Gasteiger partial charge in [0.25, 0.3) is 0 Å². The molecule has 128 valence electrons. The predicted octanol–water partition coefficient (Wildman–Crippen LogP) is 4.91. The van der Waals surface area contributed by atoms with Crippen molar-refractivity contribution < 1.29 is 0 Å². The van der Waals surface area contributed by atoms with E-state index in [1.807, 2.05) is 0 Å². The molecule has 2 nitrogen and oxygen atoms in total. The van der Waals surface area contributed by atoms with E-state index >= 15 is 0 Å². The van der Waals surface area contributed by atoms with Crippen LogP contribution in [-0.2, 0) is 0 Å². The summed E-state index contributed by atoms with van der Waals surface area (Å²) in [5.74, 6) is 0. The van der Waals surface area contributed by atoms with Crippen LogP contribution in [0.1, 0.15) is 49.9 Å². The Hall–Kier alpha value is -1.64. The van der Waals surface area contributed by atoms with E-state index in [1.165, 1.54) is 24.0 Å². The molecule has 1 aliphatic heterocycles. The molecule has 2 heteroatoms.